The predicted octanol–water partition coefficient (Wildman–Crippen LogP) is -0.325. The lowest BCUT2D eigenvalue weighted by Crippen LogP contribution is -2.53. The molecule has 0 unspecified atom stereocenters. The summed E-state index contributed by atoms with van der Waals surface area (Å²) in [6.45, 7) is 7.02. The third-order valence-electron chi connectivity index (χ3n) is 2.68. The van der Waals surface area contributed by atoms with Gasteiger partial charge in [-0.05, 0) is 13.0 Å². The van der Waals surface area contributed by atoms with Gasteiger partial charge < -0.3 is 15.1 Å². The van der Waals surface area contributed by atoms with Crippen LogP contribution in [0.3, 0.4) is 0 Å². The highest BCUT2D eigenvalue weighted by Gasteiger charge is 2.29. The van der Waals surface area contributed by atoms with Gasteiger partial charge in [0.15, 0.2) is 0 Å². The zero-order chi connectivity index (χ0) is 12.1. The van der Waals surface area contributed by atoms with Crippen LogP contribution in [0.2, 0.25) is 0 Å². The normalized spacial score (nSPS) is 17.5. The summed E-state index contributed by atoms with van der Waals surface area (Å²) in [5.41, 5.74) is 0. The van der Waals surface area contributed by atoms with Gasteiger partial charge in [-0.1, -0.05) is 13.8 Å². The number of hydrogen-bond donors (Lipinski definition) is 1. The molecule has 1 rings (SSSR count). The maximum atomic E-state index is 11.6. The Balaban J connectivity index is 2.27. The van der Waals surface area contributed by atoms with Crippen LogP contribution < -0.4 is 5.32 Å². The highest BCUT2D eigenvalue weighted by atomic mass is 16.2. The molecule has 0 spiro atoms. The molecule has 0 aromatic heterocycles. The van der Waals surface area contributed by atoms with Gasteiger partial charge in [-0.25, -0.2) is 0 Å². The first-order valence-corrected chi connectivity index (χ1v) is 5.80. The predicted molar refractivity (Wildman–Crippen MR) is 62.0 cm³/mol. The van der Waals surface area contributed by atoms with E-state index < -0.39 is 0 Å². The highest BCUT2D eigenvalue weighted by molar-refractivity contribution is 6.35. The van der Waals surface area contributed by atoms with Gasteiger partial charge >= 0.3 is 11.8 Å². The van der Waals surface area contributed by atoms with Crippen molar-refractivity contribution < 1.29 is 9.59 Å². The summed E-state index contributed by atoms with van der Waals surface area (Å²) in [6.07, 6.45) is 0.890. The molecule has 1 fully saturated rings. The Morgan fingerprint density at radius 1 is 1.25 bits per heavy atom. The Bertz CT molecular complexity index is 266. The van der Waals surface area contributed by atoms with Gasteiger partial charge in [0.05, 0.1) is 0 Å². The zero-order valence-corrected chi connectivity index (χ0v) is 10.3. The number of nitrogens with zero attached hydrogens (tertiary/aromatic N) is 2. The maximum Gasteiger partial charge on any atom is 0.312 e. The van der Waals surface area contributed by atoms with E-state index in [9.17, 15) is 9.59 Å². The smallest absolute Gasteiger partial charge is 0.312 e. The minimum absolute atomic E-state index is 0.363. The molecule has 0 saturated carbocycles. The average molecular weight is 227 g/mol. The van der Waals surface area contributed by atoms with Crippen LogP contribution in [0.15, 0.2) is 0 Å². The van der Waals surface area contributed by atoms with Crippen molar-refractivity contribution in [3.05, 3.63) is 0 Å². The van der Waals surface area contributed by atoms with E-state index in [1.165, 1.54) is 4.90 Å². The van der Waals surface area contributed by atoms with E-state index in [1.807, 2.05) is 0 Å². The summed E-state index contributed by atoms with van der Waals surface area (Å²) in [5, 5.41) is 3.29. The molecule has 0 aliphatic carbocycles. The molecular formula is C11H21N3O2. The van der Waals surface area contributed by atoms with Crippen LogP contribution in [0.1, 0.15) is 20.3 Å². The molecule has 0 atom stereocenters. The van der Waals surface area contributed by atoms with E-state index in [1.54, 1.807) is 11.9 Å². The van der Waals surface area contributed by atoms with Crippen LogP contribution in [0.4, 0.5) is 0 Å². The first kappa shape index (κ1) is 13.0. The van der Waals surface area contributed by atoms with Crippen LogP contribution >= 0.6 is 0 Å². The Hall–Kier alpha value is -1.10. The van der Waals surface area contributed by atoms with Crippen LogP contribution in [-0.2, 0) is 9.59 Å². The second-order valence-corrected chi connectivity index (χ2v) is 4.48. The molecule has 16 heavy (non-hydrogen) atoms. The summed E-state index contributed by atoms with van der Waals surface area (Å²) in [4.78, 5) is 26.1. The van der Waals surface area contributed by atoms with Crippen LogP contribution in [0, 0.1) is 0 Å². The van der Waals surface area contributed by atoms with Crippen molar-refractivity contribution >= 4 is 11.8 Å². The van der Waals surface area contributed by atoms with Crippen LogP contribution in [0.5, 0.6) is 0 Å². The number of carbonyl (C=O) groups excluding carboxylic acids is 2. The van der Waals surface area contributed by atoms with E-state index in [4.69, 9.17) is 0 Å². The summed E-state index contributed by atoms with van der Waals surface area (Å²) < 4.78 is 0. The van der Waals surface area contributed by atoms with E-state index >= 15 is 0 Å². The van der Waals surface area contributed by atoms with Crippen molar-refractivity contribution in [2.45, 2.75) is 26.3 Å². The summed E-state index contributed by atoms with van der Waals surface area (Å²) in [6, 6.07) is 0.463. The quantitative estimate of drug-likeness (QED) is 0.517. The standard InChI is InChI=1S/C11H21N3O2/c1-9(2)12-5-4-6-14-8-7-13(3)10(15)11(14)16/h9,12H,4-8H2,1-3H3. The van der Waals surface area contributed by atoms with E-state index in [2.05, 4.69) is 19.2 Å². The topological polar surface area (TPSA) is 52.6 Å². The number of rotatable bonds is 5. The fourth-order valence-corrected chi connectivity index (χ4v) is 1.65. The van der Waals surface area contributed by atoms with E-state index in [0.717, 1.165) is 13.0 Å². The molecule has 92 valence electrons. The maximum absolute atomic E-state index is 11.6. The Labute approximate surface area is 96.8 Å². The first-order valence-electron chi connectivity index (χ1n) is 5.80. The number of likely N-dealkylation sites (N-methyl/N-ethyl adjacent to an activating group) is 1. The van der Waals surface area contributed by atoms with E-state index in [-0.39, 0.29) is 11.8 Å². The molecule has 0 bridgehead atoms. The molecule has 1 heterocycles. The third kappa shape index (κ3) is 3.48. The number of amides is 2. The van der Waals surface area contributed by atoms with Gasteiger partial charge in [0, 0.05) is 32.7 Å². The average Bonchev–Trinajstić information content (AvgIpc) is 2.23. The van der Waals surface area contributed by atoms with Gasteiger partial charge in [-0.2, -0.15) is 0 Å². The minimum Gasteiger partial charge on any atom is -0.336 e. The van der Waals surface area contributed by atoms with Gasteiger partial charge in [0.25, 0.3) is 0 Å². The minimum atomic E-state index is -0.386. The molecule has 5 nitrogen and oxygen atoms in total. The molecule has 1 N–H and O–H groups in total. The molecule has 0 aromatic carbocycles. The number of carbonyl (C=O) groups is 2. The SMILES string of the molecule is CC(C)NCCCN1CCN(C)C(=O)C1=O. The van der Waals surface area contributed by atoms with Crippen molar-refractivity contribution in [3.8, 4) is 0 Å². The fourth-order valence-electron chi connectivity index (χ4n) is 1.65. The van der Waals surface area contributed by atoms with Gasteiger partial charge in [-0.3, -0.25) is 9.59 Å². The Kier molecular flexibility index (Phi) is 4.73. The highest BCUT2D eigenvalue weighted by Crippen LogP contribution is 2.03. The Morgan fingerprint density at radius 3 is 2.56 bits per heavy atom. The molecule has 1 aliphatic rings. The van der Waals surface area contributed by atoms with Crippen molar-refractivity contribution in [3.63, 3.8) is 0 Å². The number of hydrogen-bond acceptors (Lipinski definition) is 3. The molecular weight excluding hydrogens is 206 g/mol. The first-order chi connectivity index (χ1) is 7.52. The zero-order valence-electron chi connectivity index (χ0n) is 10.3. The third-order valence-corrected chi connectivity index (χ3v) is 2.68. The largest absolute Gasteiger partial charge is 0.336 e. The fraction of sp³-hybridized carbons (Fsp3) is 0.818. The lowest BCUT2D eigenvalue weighted by molar-refractivity contribution is -0.154. The molecule has 0 radical (unpaired) electrons. The van der Waals surface area contributed by atoms with Crippen molar-refractivity contribution in [2.75, 3.05) is 33.2 Å². The van der Waals surface area contributed by atoms with Crippen molar-refractivity contribution in [1.29, 1.82) is 0 Å². The number of nitrogens with one attached hydrogen (secondary N) is 1. The summed E-state index contributed by atoms with van der Waals surface area (Å²) in [7, 11) is 1.66. The van der Waals surface area contributed by atoms with Crippen LogP contribution in [0.25, 0.3) is 0 Å². The van der Waals surface area contributed by atoms with Crippen molar-refractivity contribution in [2.24, 2.45) is 0 Å². The lowest BCUT2D eigenvalue weighted by Gasteiger charge is -2.31. The van der Waals surface area contributed by atoms with Gasteiger partial charge in [0.2, 0.25) is 0 Å². The molecule has 2 amide bonds. The summed E-state index contributed by atoms with van der Waals surface area (Å²) in [5.74, 6) is -0.749. The summed E-state index contributed by atoms with van der Waals surface area (Å²) >= 11 is 0. The number of piperazine rings is 1. The molecule has 1 aliphatic heterocycles. The van der Waals surface area contributed by atoms with Gasteiger partial charge in [0.1, 0.15) is 0 Å². The van der Waals surface area contributed by atoms with Crippen molar-refractivity contribution in [1.82, 2.24) is 15.1 Å². The molecule has 0 aromatic rings. The second-order valence-electron chi connectivity index (χ2n) is 4.48. The Morgan fingerprint density at radius 2 is 1.94 bits per heavy atom. The molecule has 5 heteroatoms. The lowest BCUT2D eigenvalue weighted by atomic mass is 10.2. The second kappa shape index (κ2) is 5.84. The van der Waals surface area contributed by atoms with E-state index in [0.29, 0.717) is 25.7 Å². The molecule has 1 saturated heterocycles. The van der Waals surface area contributed by atoms with Gasteiger partial charge in [-0.15, -0.1) is 0 Å². The monoisotopic (exact) mass is 227 g/mol. The van der Waals surface area contributed by atoms with Crippen LogP contribution in [-0.4, -0.2) is 60.9 Å².